The van der Waals surface area contributed by atoms with Gasteiger partial charge >= 0.3 is 0 Å². The Morgan fingerprint density at radius 2 is 2.12 bits per heavy atom. The molecule has 2 aliphatic rings. The van der Waals surface area contributed by atoms with E-state index in [9.17, 15) is 4.79 Å². The maximum absolute atomic E-state index is 12.7. The highest BCUT2D eigenvalue weighted by Gasteiger charge is 2.39. The van der Waals surface area contributed by atoms with E-state index in [-0.39, 0.29) is 5.54 Å². The van der Waals surface area contributed by atoms with Crippen molar-refractivity contribution < 1.29 is 4.79 Å². The van der Waals surface area contributed by atoms with Crippen molar-refractivity contribution in [3.8, 4) is 0 Å². The Bertz CT molecular complexity index is 278. The lowest BCUT2D eigenvalue weighted by molar-refractivity contribution is -0.140. The Balaban J connectivity index is 2.02. The molecule has 1 atom stereocenters. The summed E-state index contributed by atoms with van der Waals surface area (Å²) in [4.78, 5) is 14.8. The van der Waals surface area contributed by atoms with E-state index in [0.717, 1.165) is 25.4 Å². The number of amides is 1. The first-order valence-corrected chi connectivity index (χ1v) is 7.09. The molecule has 2 rings (SSSR count). The van der Waals surface area contributed by atoms with Crippen molar-refractivity contribution in [2.45, 2.75) is 64.5 Å². The highest BCUT2D eigenvalue weighted by Crippen LogP contribution is 2.32. The van der Waals surface area contributed by atoms with Crippen LogP contribution in [-0.4, -0.2) is 35.5 Å². The van der Waals surface area contributed by atoms with Crippen LogP contribution in [0.2, 0.25) is 0 Å². The van der Waals surface area contributed by atoms with Crippen LogP contribution < -0.4 is 5.32 Å². The second-order valence-corrected chi connectivity index (χ2v) is 6.21. The summed E-state index contributed by atoms with van der Waals surface area (Å²) < 4.78 is 0. The summed E-state index contributed by atoms with van der Waals surface area (Å²) in [5.41, 5.74) is -0.308. The van der Waals surface area contributed by atoms with Gasteiger partial charge in [0.25, 0.3) is 0 Å². The Labute approximate surface area is 105 Å². The molecule has 1 aliphatic carbocycles. The molecule has 0 aromatic heterocycles. The molecule has 0 spiro atoms. The van der Waals surface area contributed by atoms with Gasteiger partial charge in [0, 0.05) is 12.6 Å². The largest absolute Gasteiger partial charge is 0.338 e. The number of hydrogen-bond acceptors (Lipinski definition) is 2. The van der Waals surface area contributed by atoms with Gasteiger partial charge < -0.3 is 10.2 Å². The predicted molar refractivity (Wildman–Crippen MR) is 69.8 cm³/mol. The highest BCUT2D eigenvalue weighted by atomic mass is 16.2. The van der Waals surface area contributed by atoms with Gasteiger partial charge in [0.15, 0.2) is 0 Å². The van der Waals surface area contributed by atoms with Crippen LogP contribution in [0.25, 0.3) is 0 Å². The summed E-state index contributed by atoms with van der Waals surface area (Å²) >= 11 is 0. The fourth-order valence-electron chi connectivity index (χ4n) is 2.66. The molecule has 0 bridgehead atoms. The SMILES string of the molecule is CC(C)N(CC1CC1)C(=O)C1(C)CCCCN1. The zero-order valence-corrected chi connectivity index (χ0v) is 11.5. The topological polar surface area (TPSA) is 32.3 Å². The first-order chi connectivity index (χ1) is 8.03. The summed E-state index contributed by atoms with van der Waals surface area (Å²) in [5.74, 6) is 1.09. The molecular weight excluding hydrogens is 212 g/mol. The molecule has 3 heteroatoms. The van der Waals surface area contributed by atoms with E-state index in [2.05, 4.69) is 31.0 Å². The van der Waals surface area contributed by atoms with E-state index in [4.69, 9.17) is 0 Å². The monoisotopic (exact) mass is 238 g/mol. The highest BCUT2D eigenvalue weighted by molar-refractivity contribution is 5.86. The normalized spacial score (nSPS) is 29.4. The molecule has 1 amide bonds. The third kappa shape index (κ3) is 3.01. The number of carbonyl (C=O) groups excluding carboxylic acids is 1. The smallest absolute Gasteiger partial charge is 0.242 e. The third-order valence-electron chi connectivity index (χ3n) is 4.13. The molecule has 1 N–H and O–H groups in total. The van der Waals surface area contributed by atoms with Gasteiger partial charge in [-0.3, -0.25) is 4.79 Å². The number of nitrogens with one attached hydrogen (secondary N) is 1. The molecule has 3 nitrogen and oxygen atoms in total. The van der Waals surface area contributed by atoms with Crippen molar-refractivity contribution in [3.63, 3.8) is 0 Å². The second kappa shape index (κ2) is 4.97. The predicted octanol–water partition coefficient (Wildman–Crippen LogP) is 2.17. The maximum Gasteiger partial charge on any atom is 0.242 e. The van der Waals surface area contributed by atoms with Crippen LogP contribution in [0.15, 0.2) is 0 Å². The first kappa shape index (κ1) is 12.9. The number of rotatable bonds is 4. The van der Waals surface area contributed by atoms with Gasteiger partial charge in [-0.15, -0.1) is 0 Å². The minimum Gasteiger partial charge on any atom is -0.338 e. The van der Waals surface area contributed by atoms with Crippen LogP contribution in [-0.2, 0) is 4.79 Å². The van der Waals surface area contributed by atoms with Gasteiger partial charge in [-0.2, -0.15) is 0 Å². The van der Waals surface area contributed by atoms with Crippen LogP contribution in [0.3, 0.4) is 0 Å². The van der Waals surface area contributed by atoms with Crippen molar-refractivity contribution in [1.29, 1.82) is 0 Å². The van der Waals surface area contributed by atoms with Gasteiger partial charge in [-0.1, -0.05) is 0 Å². The number of carbonyl (C=O) groups is 1. The van der Waals surface area contributed by atoms with Gasteiger partial charge in [0.1, 0.15) is 0 Å². The summed E-state index contributed by atoms with van der Waals surface area (Å²) in [6, 6.07) is 0.323. The summed E-state index contributed by atoms with van der Waals surface area (Å²) in [5, 5.41) is 3.43. The van der Waals surface area contributed by atoms with Gasteiger partial charge in [-0.05, 0) is 65.3 Å². The number of piperidine rings is 1. The molecule has 0 aromatic rings. The molecule has 1 heterocycles. The lowest BCUT2D eigenvalue weighted by Crippen LogP contribution is -2.59. The first-order valence-electron chi connectivity index (χ1n) is 7.09. The minimum absolute atomic E-state index is 0.308. The minimum atomic E-state index is -0.308. The third-order valence-corrected chi connectivity index (χ3v) is 4.13. The van der Waals surface area contributed by atoms with E-state index in [1.54, 1.807) is 0 Å². The van der Waals surface area contributed by atoms with E-state index in [1.807, 2.05) is 0 Å². The van der Waals surface area contributed by atoms with Crippen molar-refractivity contribution in [2.75, 3.05) is 13.1 Å². The molecule has 2 fully saturated rings. The molecule has 1 saturated heterocycles. The lowest BCUT2D eigenvalue weighted by Gasteiger charge is -2.39. The van der Waals surface area contributed by atoms with Crippen molar-refractivity contribution >= 4 is 5.91 Å². The molecule has 17 heavy (non-hydrogen) atoms. The summed E-state index contributed by atoms with van der Waals surface area (Å²) in [6.45, 7) is 8.29. The van der Waals surface area contributed by atoms with E-state index < -0.39 is 0 Å². The fourth-order valence-corrected chi connectivity index (χ4v) is 2.66. The average Bonchev–Trinajstić information content (AvgIpc) is 3.09. The quantitative estimate of drug-likeness (QED) is 0.814. The van der Waals surface area contributed by atoms with Crippen molar-refractivity contribution in [1.82, 2.24) is 10.2 Å². The standard InChI is InChI=1S/C14H26N2O/c1-11(2)16(10-12-6-7-12)13(17)14(3)8-4-5-9-15-14/h11-12,15H,4-10H2,1-3H3. The van der Waals surface area contributed by atoms with Crippen LogP contribution in [0, 0.1) is 5.92 Å². The molecule has 0 aromatic carbocycles. The Hall–Kier alpha value is -0.570. The summed E-state index contributed by atoms with van der Waals surface area (Å²) in [7, 11) is 0. The van der Waals surface area contributed by atoms with E-state index >= 15 is 0 Å². The van der Waals surface area contributed by atoms with Crippen molar-refractivity contribution in [3.05, 3.63) is 0 Å². The molecular formula is C14H26N2O. The molecule has 1 unspecified atom stereocenters. The Morgan fingerprint density at radius 3 is 2.59 bits per heavy atom. The van der Waals surface area contributed by atoms with E-state index in [0.29, 0.717) is 11.9 Å². The van der Waals surface area contributed by atoms with Gasteiger partial charge in [0.2, 0.25) is 5.91 Å². The zero-order valence-electron chi connectivity index (χ0n) is 11.5. The molecule has 98 valence electrons. The zero-order chi connectivity index (χ0) is 12.5. The second-order valence-electron chi connectivity index (χ2n) is 6.21. The Morgan fingerprint density at radius 1 is 1.41 bits per heavy atom. The molecule has 1 aliphatic heterocycles. The Kier molecular flexibility index (Phi) is 3.76. The maximum atomic E-state index is 12.7. The fraction of sp³-hybridized carbons (Fsp3) is 0.929. The molecule has 1 saturated carbocycles. The van der Waals surface area contributed by atoms with Crippen LogP contribution in [0.4, 0.5) is 0 Å². The lowest BCUT2D eigenvalue weighted by atomic mass is 9.89. The van der Waals surface area contributed by atoms with Gasteiger partial charge in [0.05, 0.1) is 5.54 Å². The summed E-state index contributed by atoms with van der Waals surface area (Å²) in [6.07, 6.45) is 5.97. The van der Waals surface area contributed by atoms with Gasteiger partial charge in [-0.25, -0.2) is 0 Å². The van der Waals surface area contributed by atoms with Crippen LogP contribution in [0.1, 0.15) is 52.9 Å². The number of nitrogens with zero attached hydrogens (tertiary/aromatic N) is 1. The average molecular weight is 238 g/mol. The van der Waals surface area contributed by atoms with Crippen LogP contribution >= 0.6 is 0 Å². The molecule has 0 radical (unpaired) electrons. The van der Waals surface area contributed by atoms with Crippen molar-refractivity contribution in [2.24, 2.45) is 5.92 Å². The van der Waals surface area contributed by atoms with Crippen LogP contribution in [0.5, 0.6) is 0 Å². The van der Waals surface area contributed by atoms with E-state index in [1.165, 1.54) is 25.7 Å². The number of hydrogen-bond donors (Lipinski definition) is 1.